The summed E-state index contributed by atoms with van der Waals surface area (Å²) in [6.07, 6.45) is 2.42. The molecule has 0 fully saturated rings. The van der Waals surface area contributed by atoms with E-state index in [2.05, 4.69) is 10.3 Å². The van der Waals surface area contributed by atoms with E-state index >= 15 is 0 Å². The van der Waals surface area contributed by atoms with Gasteiger partial charge in [-0.15, -0.1) is 0 Å². The van der Waals surface area contributed by atoms with Crippen LogP contribution in [-0.2, 0) is 0 Å². The first-order chi connectivity index (χ1) is 14.7. The third kappa shape index (κ3) is 6.43. The molecule has 166 valence electrons. The molecule has 9 heteroatoms. The lowest BCUT2D eigenvalue weighted by Gasteiger charge is -2.24. The number of amides is 3. The maximum absolute atomic E-state index is 13.0. The number of benzene rings is 1. The highest BCUT2D eigenvalue weighted by atomic mass is 16.5. The van der Waals surface area contributed by atoms with Gasteiger partial charge < -0.3 is 25.0 Å². The van der Waals surface area contributed by atoms with Crippen LogP contribution in [0.2, 0.25) is 0 Å². The predicted molar refractivity (Wildman–Crippen MR) is 117 cm³/mol. The van der Waals surface area contributed by atoms with Crippen molar-refractivity contribution < 1.29 is 24.2 Å². The number of para-hydroxylation sites is 1. The number of rotatable bonds is 9. The molecule has 0 bridgehead atoms. The molecule has 1 heterocycles. The second-order valence-corrected chi connectivity index (χ2v) is 7.29. The Morgan fingerprint density at radius 1 is 1.13 bits per heavy atom. The summed E-state index contributed by atoms with van der Waals surface area (Å²) in [4.78, 5) is 43.2. The molecule has 1 aromatic heterocycles. The molecule has 0 aliphatic carbocycles. The lowest BCUT2D eigenvalue weighted by atomic mass is 10.1. The monoisotopic (exact) mass is 428 g/mol. The van der Waals surface area contributed by atoms with Crippen LogP contribution < -0.4 is 10.1 Å². The van der Waals surface area contributed by atoms with Crippen LogP contribution in [0.25, 0.3) is 0 Å². The largest absolute Gasteiger partial charge is 0.490 e. The number of carboxylic acid groups (broad SMARTS) is 1. The topological polar surface area (TPSA) is 112 Å². The molecule has 0 saturated carbocycles. The van der Waals surface area contributed by atoms with E-state index in [1.165, 1.54) is 19.4 Å². The van der Waals surface area contributed by atoms with Gasteiger partial charge in [-0.3, -0.25) is 14.6 Å². The van der Waals surface area contributed by atoms with Crippen molar-refractivity contribution in [3.05, 3.63) is 53.9 Å². The Hall–Kier alpha value is -3.62. The number of ether oxygens (including phenoxy) is 1. The Labute approximate surface area is 181 Å². The van der Waals surface area contributed by atoms with Crippen LogP contribution in [0, 0.1) is 0 Å². The van der Waals surface area contributed by atoms with Crippen molar-refractivity contribution >= 4 is 23.6 Å². The molecule has 2 N–H and O–H groups in total. The van der Waals surface area contributed by atoms with Crippen LogP contribution in [0.5, 0.6) is 5.75 Å². The number of hydrogen-bond acceptors (Lipinski definition) is 5. The normalized spacial score (nSPS) is 10.5. The van der Waals surface area contributed by atoms with E-state index in [9.17, 15) is 14.4 Å². The second-order valence-electron chi connectivity index (χ2n) is 7.29. The van der Waals surface area contributed by atoms with E-state index in [1.807, 2.05) is 13.8 Å². The molecule has 31 heavy (non-hydrogen) atoms. The van der Waals surface area contributed by atoms with Crippen molar-refractivity contribution in [3.63, 3.8) is 0 Å². The Bertz CT molecular complexity index is 917. The summed E-state index contributed by atoms with van der Waals surface area (Å²) in [5.74, 6) is -0.354. The van der Waals surface area contributed by atoms with Crippen LogP contribution in [-0.4, -0.2) is 71.1 Å². The van der Waals surface area contributed by atoms with Crippen LogP contribution in [0.4, 0.5) is 10.5 Å². The molecular weight excluding hydrogens is 400 g/mol. The number of carbonyl (C=O) groups is 3. The van der Waals surface area contributed by atoms with Gasteiger partial charge in [0.05, 0.1) is 17.9 Å². The van der Waals surface area contributed by atoms with Crippen molar-refractivity contribution in [2.45, 2.75) is 26.3 Å². The summed E-state index contributed by atoms with van der Waals surface area (Å²) >= 11 is 0. The number of nitrogens with one attached hydrogen (secondary N) is 1. The van der Waals surface area contributed by atoms with E-state index in [-0.39, 0.29) is 36.8 Å². The maximum Gasteiger partial charge on any atom is 0.407 e. The lowest BCUT2D eigenvalue weighted by Crippen LogP contribution is -2.33. The van der Waals surface area contributed by atoms with Crippen LogP contribution >= 0.6 is 0 Å². The fourth-order valence-corrected chi connectivity index (χ4v) is 2.65. The zero-order valence-electron chi connectivity index (χ0n) is 18.2. The number of anilines is 1. The van der Waals surface area contributed by atoms with E-state index in [0.717, 1.165) is 4.90 Å². The van der Waals surface area contributed by atoms with Crippen molar-refractivity contribution in [2.75, 3.05) is 32.6 Å². The fourth-order valence-electron chi connectivity index (χ4n) is 2.65. The van der Waals surface area contributed by atoms with Gasteiger partial charge in [0, 0.05) is 44.6 Å². The molecule has 0 spiro atoms. The summed E-state index contributed by atoms with van der Waals surface area (Å²) < 4.78 is 5.89. The Kier molecular flexibility index (Phi) is 8.36. The zero-order valence-corrected chi connectivity index (χ0v) is 18.2. The highest BCUT2D eigenvalue weighted by molar-refractivity contribution is 6.07. The maximum atomic E-state index is 13.0. The highest BCUT2D eigenvalue weighted by Crippen LogP contribution is 2.31. The predicted octanol–water partition coefficient (Wildman–Crippen LogP) is 3.19. The van der Waals surface area contributed by atoms with Crippen LogP contribution in [0.15, 0.2) is 42.7 Å². The van der Waals surface area contributed by atoms with Crippen LogP contribution in [0.1, 0.15) is 41.0 Å². The summed E-state index contributed by atoms with van der Waals surface area (Å²) in [6, 6.07) is 8.11. The third-order valence-corrected chi connectivity index (χ3v) is 4.74. The SMILES string of the molecule is CC(C)N(C)C(=O)c1cccc(NC(=O)c2ccncc2)c1OCCCN(C)C(=O)O. The van der Waals surface area contributed by atoms with Crippen molar-refractivity contribution in [1.82, 2.24) is 14.8 Å². The minimum atomic E-state index is -1.03. The smallest absolute Gasteiger partial charge is 0.407 e. The van der Waals surface area contributed by atoms with Gasteiger partial charge >= 0.3 is 6.09 Å². The van der Waals surface area contributed by atoms with Crippen LogP contribution in [0.3, 0.4) is 0 Å². The minimum Gasteiger partial charge on any atom is -0.490 e. The average molecular weight is 428 g/mol. The molecule has 0 atom stereocenters. The third-order valence-electron chi connectivity index (χ3n) is 4.74. The summed E-state index contributed by atoms with van der Waals surface area (Å²) in [6.45, 7) is 4.24. The molecule has 2 aromatic rings. The first-order valence-corrected chi connectivity index (χ1v) is 9.90. The number of nitrogens with zero attached hydrogens (tertiary/aromatic N) is 3. The number of carbonyl (C=O) groups excluding carboxylic acids is 2. The minimum absolute atomic E-state index is 0.0281. The van der Waals surface area contributed by atoms with Crippen molar-refractivity contribution in [2.24, 2.45) is 0 Å². The molecule has 9 nitrogen and oxygen atoms in total. The molecule has 0 aliphatic rings. The van der Waals surface area contributed by atoms with E-state index < -0.39 is 6.09 Å². The molecule has 2 rings (SSSR count). The number of aromatic nitrogens is 1. The van der Waals surface area contributed by atoms with Gasteiger partial charge in [0.15, 0.2) is 5.75 Å². The molecule has 0 saturated heterocycles. The standard InChI is InChI=1S/C22H28N4O5/c1-15(2)26(4)21(28)17-7-5-8-18(24-20(27)16-9-11-23-12-10-16)19(17)31-14-6-13-25(3)22(29)30/h5,7-12,15H,6,13-14H2,1-4H3,(H,24,27)(H,29,30). The number of pyridine rings is 1. The fraction of sp³-hybridized carbons (Fsp3) is 0.364. The van der Waals surface area contributed by atoms with E-state index in [4.69, 9.17) is 9.84 Å². The van der Waals surface area contributed by atoms with Crippen molar-refractivity contribution in [3.8, 4) is 5.75 Å². The van der Waals surface area contributed by atoms with E-state index in [1.54, 1.807) is 42.3 Å². The number of hydrogen-bond donors (Lipinski definition) is 2. The molecule has 0 aliphatic heterocycles. The van der Waals surface area contributed by atoms with Crippen molar-refractivity contribution in [1.29, 1.82) is 0 Å². The first kappa shape index (κ1) is 23.7. The van der Waals surface area contributed by atoms with Gasteiger partial charge in [0.25, 0.3) is 11.8 Å². The summed E-state index contributed by atoms with van der Waals surface area (Å²) in [5.41, 5.74) is 1.09. The second kappa shape index (κ2) is 11.0. The van der Waals surface area contributed by atoms with Gasteiger partial charge in [-0.2, -0.15) is 0 Å². The van der Waals surface area contributed by atoms with Gasteiger partial charge in [-0.05, 0) is 44.5 Å². The molecule has 0 unspecified atom stereocenters. The van der Waals surface area contributed by atoms with Gasteiger partial charge in [-0.1, -0.05) is 6.07 Å². The van der Waals surface area contributed by atoms with E-state index in [0.29, 0.717) is 23.2 Å². The molecule has 1 aromatic carbocycles. The summed E-state index contributed by atoms with van der Waals surface area (Å²) in [5, 5.41) is 11.8. The summed E-state index contributed by atoms with van der Waals surface area (Å²) in [7, 11) is 3.17. The Balaban J connectivity index is 2.28. The quantitative estimate of drug-likeness (QED) is 0.593. The first-order valence-electron chi connectivity index (χ1n) is 9.90. The lowest BCUT2D eigenvalue weighted by molar-refractivity contribution is 0.0750. The molecule has 0 radical (unpaired) electrons. The highest BCUT2D eigenvalue weighted by Gasteiger charge is 2.22. The average Bonchev–Trinajstić information content (AvgIpc) is 2.76. The zero-order chi connectivity index (χ0) is 23.0. The van der Waals surface area contributed by atoms with Gasteiger partial charge in [0.2, 0.25) is 0 Å². The molecular formula is C22H28N4O5. The molecule has 3 amide bonds. The van der Waals surface area contributed by atoms with Gasteiger partial charge in [0.1, 0.15) is 0 Å². The Morgan fingerprint density at radius 2 is 1.81 bits per heavy atom. The van der Waals surface area contributed by atoms with Gasteiger partial charge in [-0.25, -0.2) is 4.79 Å². The Morgan fingerprint density at radius 3 is 2.42 bits per heavy atom.